The number of likely N-dealkylation sites (tertiary alicyclic amines) is 1. The number of aromatic nitrogens is 3. The van der Waals surface area contributed by atoms with E-state index in [1.807, 2.05) is 18.4 Å². The summed E-state index contributed by atoms with van der Waals surface area (Å²) in [6.45, 7) is 11.8. The molecule has 0 spiro atoms. The van der Waals surface area contributed by atoms with E-state index in [4.69, 9.17) is 0 Å². The fourth-order valence-electron chi connectivity index (χ4n) is 3.58. The Kier molecular flexibility index (Phi) is 8.04. The first kappa shape index (κ1) is 22.5. The van der Waals surface area contributed by atoms with Crippen LogP contribution in [0.2, 0.25) is 0 Å². The second-order valence-corrected chi connectivity index (χ2v) is 8.64. The Labute approximate surface area is 182 Å². The van der Waals surface area contributed by atoms with E-state index < -0.39 is 0 Å². The van der Waals surface area contributed by atoms with Crippen LogP contribution in [0.4, 0.5) is 4.39 Å². The summed E-state index contributed by atoms with van der Waals surface area (Å²) in [7, 11) is 0. The lowest BCUT2D eigenvalue weighted by molar-refractivity contribution is -0.127. The topological polar surface area (TPSA) is 54.3 Å². The minimum atomic E-state index is -0.285. The van der Waals surface area contributed by atoms with Crippen LogP contribution in [0.5, 0.6) is 0 Å². The molecule has 1 aliphatic rings. The van der Waals surface area contributed by atoms with E-state index in [1.54, 1.807) is 17.0 Å². The summed E-state index contributed by atoms with van der Waals surface area (Å²) < 4.78 is 15.4. The predicted molar refractivity (Wildman–Crippen MR) is 118 cm³/mol. The van der Waals surface area contributed by atoms with Gasteiger partial charge in [-0.2, -0.15) is 0 Å². The molecular formula is C22H30FN5OS. The second-order valence-electron chi connectivity index (χ2n) is 7.70. The van der Waals surface area contributed by atoms with Gasteiger partial charge in [-0.3, -0.25) is 14.3 Å². The summed E-state index contributed by atoms with van der Waals surface area (Å²) in [5.41, 5.74) is 1.76. The third-order valence-electron chi connectivity index (χ3n) is 5.12. The SMILES string of the molecule is C=C(C)CN(CC)C(=O)CSc1nnc(CN2CCCCC2)n1-c1ccc(F)cc1. The van der Waals surface area contributed by atoms with E-state index in [2.05, 4.69) is 21.7 Å². The number of thioether (sulfide) groups is 1. The Hall–Kier alpha value is -2.19. The molecule has 0 N–H and O–H groups in total. The molecule has 1 saturated heterocycles. The number of piperidine rings is 1. The zero-order valence-electron chi connectivity index (χ0n) is 17.8. The highest BCUT2D eigenvalue weighted by molar-refractivity contribution is 7.99. The molecule has 6 nitrogen and oxygen atoms in total. The Morgan fingerprint density at radius 1 is 1.20 bits per heavy atom. The molecular weight excluding hydrogens is 401 g/mol. The van der Waals surface area contributed by atoms with Crippen LogP contribution in [0.15, 0.2) is 41.6 Å². The van der Waals surface area contributed by atoms with E-state index in [1.165, 1.54) is 43.2 Å². The maximum absolute atomic E-state index is 13.5. The Balaban J connectivity index is 1.80. The fraction of sp³-hybridized carbons (Fsp3) is 0.500. The highest BCUT2D eigenvalue weighted by Crippen LogP contribution is 2.24. The zero-order valence-corrected chi connectivity index (χ0v) is 18.6. The van der Waals surface area contributed by atoms with E-state index in [0.29, 0.717) is 24.8 Å². The van der Waals surface area contributed by atoms with Crippen molar-refractivity contribution in [3.8, 4) is 5.69 Å². The van der Waals surface area contributed by atoms with Crippen molar-refractivity contribution in [2.45, 2.75) is 44.8 Å². The van der Waals surface area contributed by atoms with Gasteiger partial charge in [-0.05, 0) is 64.0 Å². The summed E-state index contributed by atoms with van der Waals surface area (Å²) in [6, 6.07) is 6.32. The van der Waals surface area contributed by atoms with Gasteiger partial charge in [0.2, 0.25) is 5.91 Å². The van der Waals surface area contributed by atoms with Crippen molar-refractivity contribution in [1.82, 2.24) is 24.6 Å². The largest absolute Gasteiger partial charge is 0.338 e. The minimum absolute atomic E-state index is 0.0386. The first-order valence-electron chi connectivity index (χ1n) is 10.5. The van der Waals surface area contributed by atoms with Crippen LogP contribution in [-0.2, 0) is 11.3 Å². The number of hydrogen-bond donors (Lipinski definition) is 0. The number of benzene rings is 1. The predicted octanol–water partition coefficient (Wildman–Crippen LogP) is 3.91. The highest BCUT2D eigenvalue weighted by atomic mass is 32.2. The molecule has 0 saturated carbocycles. The Morgan fingerprint density at radius 2 is 1.90 bits per heavy atom. The average Bonchev–Trinajstić information content (AvgIpc) is 3.13. The van der Waals surface area contributed by atoms with Gasteiger partial charge in [-0.1, -0.05) is 30.3 Å². The van der Waals surface area contributed by atoms with Crippen molar-refractivity contribution in [1.29, 1.82) is 0 Å². The van der Waals surface area contributed by atoms with Crippen LogP contribution in [-0.4, -0.2) is 62.4 Å². The van der Waals surface area contributed by atoms with Gasteiger partial charge in [0.25, 0.3) is 0 Å². The van der Waals surface area contributed by atoms with Crippen LogP contribution < -0.4 is 0 Å². The molecule has 1 aromatic carbocycles. The van der Waals surface area contributed by atoms with Gasteiger partial charge < -0.3 is 4.90 Å². The number of carbonyl (C=O) groups excluding carboxylic acids is 1. The standard InChI is InChI=1S/C22H30FN5OS/c1-4-27(14-17(2)3)21(29)16-30-22-25-24-20(15-26-12-6-5-7-13-26)28(22)19-10-8-18(23)9-11-19/h8-11H,2,4-7,12-16H2,1,3H3. The van der Waals surface area contributed by atoms with Crippen LogP contribution in [0.25, 0.3) is 5.69 Å². The molecule has 0 atom stereocenters. The summed E-state index contributed by atoms with van der Waals surface area (Å²) in [6.07, 6.45) is 3.65. The van der Waals surface area contributed by atoms with Crippen molar-refractivity contribution in [2.75, 3.05) is 31.9 Å². The number of nitrogens with zero attached hydrogens (tertiary/aromatic N) is 5. The molecule has 1 aromatic heterocycles. The average molecular weight is 432 g/mol. The van der Waals surface area contributed by atoms with Gasteiger partial charge >= 0.3 is 0 Å². The maximum Gasteiger partial charge on any atom is 0.233 e. The van der Waals surface area contributed by atoms with E-state index in [9.17, 15) is 9.18 Å². The molecule has 1 aliphatic heterocycles. The van der Waals surface area contributed by atoms with Gasteiger partial charge in [0.15, 0.2) is 11.0 Å². The Bertz CT molecular complexity index is 861. The molecule has 0 radical (unpaired) electrons. The minimum Gasteiger partial charge on any atom is -0.338 e. The molecule has 0 aliphatic carbocycles. The molecule has 0 unspecified atom stereocenters. The third-order valence-corrected chi connectivity index (χ3v) is 6.03. The summed E-state index contributed by atoms with van der Waals surface area (Å²) >= 11 is 1.36. The quantitative estimate of drug-likeness (QED) is 0.445. The lowest BCUT2D eigenvalue weighted by Crippen LogP contribution is -2.33. The van der Waals surface area contributed by atoms with Crippen molar-refractivity contribution in [2.24, 2.45) is 0 Å². The first-order chi connectivity index (χ1) is 14.5. The molecule has 2 heterocycles. The normalized spacial score (nSPS) is 14.6. The van der Waals surface area contributed by atoms with Crippen molar-refractivity contribution in [3.05, 3.63) is 48.1 Å². The van der Waals surface area contributed by atoms with Gasteiger partial charge in [0, 0.05) is 18.8 Å². The summed E-state index contributed by atoms with van der Waals surface area (Å²) in [5, 5.41) is 9.43. The number of likely N-dealkylation sites (N-methyl/N-ethyl adjacent to an activating group) is 1. The lowest BCUT2D eigenvalue weighted by Gasteiger charge is -2.26. The van der Waals surface area contributed by atoms with Gasteiger partial charge in [0.1, 0.15) is 5.82 Å². The first-order valence-corrected chi connectivity index (χ1v) is 11.4. The molecule has 0 bridgehead atoms. The van der Waals surface area contributed by atoms with Gasteiger partial charge in [-0.15, -0.1) is 10.2 Å². The van der Waals surface area contributed by atoms with Crippen molar-refractivity contribution >= 4 is 17.7 Å². The lowest BCUT2D eigenvalue weighted by atomic mass is 10.1. The van der Waals surface area contributed by atoms with Crippen LogP contribution >= 0.6 is 11.8 Å². The Morgan fingerprint density at radius 3 is 2.53 bits per heavy atom. The monoisotopic (exact) mass is 431 g/mol. The van der Waals surface area contributed by atoms with Crippen LogP contribution in [0.1, 0.15) is 38.9 Å². The van der Waals surface area contributed by atoms with E-state index in [0.717, 1.165) is 30.2 Å². The number of amides is 1. The molecule has 1 fully saturated rings. The van der Waals surface area contributed by atoms with Crippen molar-refractivity contribution < 1.29 is 9.18 Å². The van der Waals surface area contributed by atoms with Gasteiger partial charge in [0.05, 0.1) is 12.3 Å². The number of carbonyl (C=O) groups is 1. The van der Waals surface area contributed by atoms with Gasteiger partial charge in [-0.25, -0.2) is 4.39 Å². The fourth-order valence-corrected chi connectivity index (χ4v) is 4.46. The number of hydrogen-bond acceptors (Lipinski definition) is 5. The van der Waals surface area contributed by atoms with Crippen LogP contribution in [0.3, 0.4) is 0 Å². The maximum atomic E-state index is 13.5. The molecule has 1 amide bonds. The number of rotatable bonds is 9. The van der Waals surface area contributed by atoms with E-state index >= 15 is 0 Å². The number of halogens is 1. The molecule has 2 aromatic rings. The van der Waals surface area contributed by atoms with Crippen molar-refractivity contribution in [3.63, 3.8) is 0 Å². The molecule has 8 heteroatoms. The smallest absolute Gasteiger partial charge is 0.233 e. The summed E-state index contributed by atoms with van der Waals surface area (Å²) in [5.74, 6) is 0.834. The highest BCUT2D eigenvalue weighted by Gasteiger charge is 2.20. The third kappa shape index (κ3) is 5.92. The zero-order chi connectivity index (χ0) is 21.5. The van der Waals surface area contributed by atoms with E-state index in [-0.39, 0.29) is 17.5 Å². The van der Waals surface area contributed by atoms with Crippen LogP contribution in [0, 0.1) is 5.82 Å². The molecule has 3 rings (SSSR count). The second kappa shape index (κ2) is 10.7. The molecule has 162 valence electrons. The molecule has 30 heavy (non-hydrogen) atoms. The summed E-state index contributed by atoms with van der Waals surface area (Å²) in [4.78, 5) is 16.8.